The summed E-state index contributed by atoms with van der Waals surface area (Å²) < 4.78 is 85.3. The van der Waals surface area contributed by atoms with E-state index in [1.54, 1.807) is 0 Å². The molecule has 0 bridgehead atoms. The van der Waals surface area contributed by atoms with Crippen molar-refractivity contribution in [2.24, 2.45) is 11.3 Å². The number of carbonyl (C=O) groups excluding carboxylic acids is 2. The van der Waals surface area contributed by atoms with E-state index in [9.17, 15) is 35.9 Å². The smallest absolute Gasteiger partial charge is 0.344 e. The molecule has 1 aliphatic heterocycles. The van der Waals surface area contributed by atoms with E-state index in [1.807, 2.05) is 5.32 Å². The third kappa shape index (κ3) is 6.14. The molecule has 2 N–H and O–H groups in total. The number of rotatable bonds is 8. The lowest BCUT2D eigenvalue weighted by Gasteiger charge is -2.29. The Morgan fingerprint density at radius 2 is 1.95 bits per heavy atom. The lowest BCUT2D eigenvalue weighted by atomic mass is 9.85. The molecule has 3 atom stereocenters. The van der Waals surface area contributed by atoms with Gasteiger partial charge in [-0.2, -0.15) is 31.4 Å². The van der Waals surface area contributed by atoms with Crippen molar-refractivity contribution in [1.82, 2.24) is 35.5 Å². The lowest BCUT2D eigenvalue weighted by Crippen LogP contribution is -2.38. The van der Waals surface area contributed by atoms with Gasteiger partial charge < -0.3 is 10.6 Å². The molecule has 16 heteroatoms. The fourth-order valence-electron chi connectivity index (χ4n) is 4.23. The van der Waals surface area contributed by atoms with E-state index in [0.717, 1.165) is 13.8 Å². The number of nitrogens with zero attached hydrogens (tertiary/aromatic N) is 5. The van der Waals surface area contributed by atoms with Gasteiger partial charge in [0.25, 0.3) is 5.91 Å². The van der Waals surface area contributed by atoms with Gasteiger partial charge in [-0.3, -0.25) is 9.59 Å². The standard InChI is InChI=1S/C23H25F6N7O3/c1-11-18(35-39-34-11)20(38)32-14(4-5-21(2,3)23(27,28)29)15-10-36-17(31-15)7-12(9-30-36)6-13-8-16(22(24,25)26)33-19(13)37/h7,9-10,13-14,16H,4-6,8H2,1-3H3,(H,32,38)(H,33,37)/t13-,14-,16-/m0/s1. The van der Waals surface area contributed by atoms with Crippen LogP contribution in [0.3, 0.4) is 0 Å². The van der Waals surface area contributed by atoms with Gasteiger partial charge in [-0.1, -0.05) is 19.0 Å². The van der Waals surface area contributed by atoms with Crippen LogP contribution >= 0.6 is 0 Å². The van der Waals surface area contributed by atoms with Crippen LogP contribution in [0.4, 0.5) is 26.3 Å². The fraction of sp³-hybridized carbons (Fsp3) is 0.565. The third-order valence-corrected chi connectivity index (χ3v) is 6.84. The zero-order valence-corrected chi connectivity index (χ0v) is 21.0. The van der Waals surface area contributed by atoms with E-state index in [0.29, 0.717) is 5.56 Å². The van der Waals surface area contributed by atoms with Gasteiger partial charge in [-0.05, 0) is 49.4 Å². The Morgan fingerprint density at radius 3 is 2.54 bits per heavy atom. The molecule has 212 valence electrons. The molecule has 1 saturated heterocycles. The number of aromatic nitrogens is 5. The van der Waals surface area contributed by atoms with Crippen LogP contribution in [0.25, 0.3) is 5.65 Å². The lowest BCUT2D eigenvalue weighted by molar-refractivity contribution is -0.214. The van der Waals surface area contributed by atoms with Crippen molar-refractivity contribution in [3.8, 4) is 0 Å². The van der Waals surface area contributed by atoms with Gasteiger partial charge in [0.05, 0.1) is 29.5 Å². The number of hydrogen-bond acceptors (Lipinski definition) is 7. The van der Waals surface area contributed by atoms with Gasteiger partial charge in [0.15, 0.2) is 11.3 Å². The Kier molecular flexibility index (Phi) is 7.33. The average molecular weight is 561 g/mol. The summed E-state index contributed by atoms with van der Waals surface area (Å²) in [5, 5.41) is 15.8. The number of amides is 2. The maximum absolute atomic E-state index is 13.5. The number of fused-ring (bicyclic) bond motifs is 1. The zero-order chi connectivity index (χ0) is 28.8. The monoisotopic (exact) mass is 561 g/mol. The number of alkyl halides is 6. The van der Waals surface area contributed by atoms with Crippen molar-refractivity contribution in [3.63, 3.8) is 0 Å². The second kappa shape index (κ2) is 10.1. The highest BCUT2D eigenvalue weighted by Crippen LogP contribution is 2.42. The highest BCUT2D eigenvalue weighted by molar-refractivity contribution is 5.93. The first-order chi connectivity index (χ1) is 18.0. The molecule has 0 aromatic carbocycles. The molecule has 1 aliphatic rings. The number of carbonyl (C=O) groups is 2. The summed E-state index contributed by atoms with van der Waals surface area (Å²) >= 11 is 0. The first-order valence-corrected chi connectivity index (χ1v) is 11.9. The molecule has 2 amide bonds. The van der Waals surface area contributed by atoms with Gasteiger partial charge in [0, 0.05) is 5.92 Å². The molecule has 3 aromatic rings. The summed E-state index contributed by atoms with van der Waals surface area (Å²) in [4.78, 5) is 29.2. The number of halogens is 6. The van der Waals surface area contributed by atoms with Crippen molar-refractivity contribution in [2.75, 3.05) is 0 Å². The minimum Gasteiger partial charge on any atom is -0.344 e. The molecular weight excluding hydrogens is 536 g/mol. The molecule has 0 radical (unpaired) electrons. The number of nitrogens with one attached hydrogen (secondary N) is 2. The van der Waals surface area contributed by atoms with Crippen LogP contribution in [-0.4, -0.2) is 55.1 Å². The third-order valence-electron chi connectivity index (χ3n) is 6.84. The van der Waals surface area contributed by atoms with Gasteiger partial charge >= 0.3 is 12.4 Å². The molecule has 4 rings (SSSR count). The molecule has 0 aliphatic carbocycles. The topological polar surface area (TPSA) is 127 Å². The van der Waals surface area contributed by atoms with Crippen LogP contribution in [0.1, 0.15) is 66.6 Å². The van der Waals surface area contributed by atoms with Crippen molar-refractivity contribution in [2.45, 2.75) is 70.9 Å². The molecule has 10 nitrogen and oxygen atoms in total. The minimum atomic E-state index is -4.55. The Morgan fingerprint density at radius 1 is 1.23 bits per heavy atom. The van der Waals surface area contributed by atoms with Crippen molar-refractivity contribution in [1.29, 1.82) is 0 Å². The molecule has 0 spiro atoms. The summed E-state index contributed by atoms with van der Waals surface area (Å²) in [6.07, 6.45) is -7.14. The van der Waals surface area contributed by atoms with E-state index >= 15 is 0 Å². The average Bonchev–Trinajstić information content (AvgIpc) is 3.53. The predicted molar refractivity (Wildman–Crippen MR) is 121 cm³/mol. The molecule has 0 unspecified atom stereocenters. The maximum atomic E-state index is 13.5. The zero-order valence-electron chi connectivity index (χ0n) is 21.0. The molecule has 1 fully saturated rings. The second-order valence-electron chi connectivity index (χ2n) is 10.2. The number of imidazole rings is 1. The van der Waals surface area contributed by atoms with E-state index in [-0.39, 0.29) is 42.0 Å². The Labute approximate surface area is 217 Å². The summed E-state index contributed by atoms with van der Waals surface area (Å²) in [6, 6.07) is -1.37. The summed E-state index contributed by atoms with van der Waals surface area (Å²) in [5.41, 5.74) is -1.11. The SMILES string of the molecule is Cc1nonc1C(=O)N[C@@H](CCC(C)(C)C(F)(F)F)c1cn2ncc(C[C@H]3C[C@@H](C(F)(F)F)NC3=O)cc2n1. The quantitative estimate of drug-likeness (QED) is 0.400. The second-order valence-corrected chi connectivity index (χ2v) is 10.2. The summed E-state index contributed by atoms with van der Waals surface area (Å²) in [6.45, 7) is 3.58. The number of hydrogen-bond donors (Lipinski definition) is 2. The van der Waals surface area contributed by atoms with Crippen LogP contribution in [0.5, 0.6) is 0 Å². The highest BCUT2D eigenvalue weighted by Gasteiger charge is 2.48. The van der Waals surface area contributed by atoms with Crippen LogP contribution in [0.2, 0.25) is 0 Å². The van der Waals surface area contributed by atoms with E-state index in [2.05, 4.69) is 30.3 Å². The first-order valence-electron chi connectivity index (χ1n) is 11.9. The Balaban J connectivity index is 1.57. The van der Waals surface area contributed by atoms with E-state index in [4.69, 9.17) is 0 Å². The largest absolute Gasteiger partial charge is 0.408 e. The van der Waals surface area contributed by atoms with Gasteiger partial charge in [0.1, 0.15) is 11.7 Å². The molecule has 4 heterocycles. The number of aryl methyl sites for hydroxylation is 1. The molecular formula is C23H25F6N7O3. The van der Waals surface area contributed by atoms with Crippen molar-refractivity contribution in [3.05, 3.63) is 41.1 Å². The summed E-state index contributed by atoms with van der Waals surface area (Å²) in [5.74, 6) is -2.35. The van der Waals surface area contributed by atoms with Crippen molar-refractivity contribution < 1.29 is 40.6 Å². The van der Waals surface area contributed by atoms with Gasteiger partial charge in [-0.15, -0.1) is 0 Å². The Hall–Kier alpha value is -3.72. The first kappa shape index (κ1) is 28.3. The van der Waals surface area contributed by atoms with E-state index < -0.39 is 54.0 Å². The van der Waals surface area contributed by atoms with Crippen molar-refractivity contribution >= 4 is 17.5 Å². The van der Waals surface area contributed by atoms with E-state index in [1.165, 1.54) is 29.9 Å². The minimum absolute atomic E-state index is 0.0114. The fourth-order valence-corrected chi connectivity index (χ4v) is 4.23. The summed E-state index contributed by atoms with van der Waals surface area (Å²) in [7, 11) is 0. The van der Waals surface area contributed by atoms with Gasteiger partial charge in [0.2, 0.25) is 5.91 Å². The molecule has 0 saturated carbocycles. The normalized spacial score (nSPS) is 19.4. The predicted octanol–water partition coefficient (Wildman–Crippen LogP) is 3.87. The molecule has 39 heavy (non-hydrogen) atoms. The van der Waals surface area contributed by atoms with Crippen LogP contribution in [-0.2, 0) is 11.2 Å². The van der Waals surface area contributed by atoms with Gasteiger partial charge in [-0.25, -0.2) is 14.1 Å². The Bertz CT molecular complexity index is 1360. The van der Waals surface area contributed by atoms with Crippen LogP contribution < -0.4 is 10.6 Å². The van der Waals surface area contributed by atoms with Crippen LogP contribution in [0, 0.1) is 18.3 Å². The highest BCUT2D eigenvalue weighted by atomic mass is 19.4. The maximum Gasteiger partial charge on any atom is 0.408 e. The van der Waals surface area contributed by atoms with Crippen LogP contribution in [0.15, 0.2) is 23.1 Å². The molecule has 3 aromatic heterocycles.